The van der Waals surface area contributed by atoms with Gasteiger partial charge in [-0.2, -0.15) is 5.26 Å². The summed E-state index contributed by atoms with van der Waals surface area (Å²) in [7, 11) is 0. The molecule has 0 amide bonds. The Kier molecular flexibility index (Phi) is 3.22. The molecule has 0 N–H and O–H groups in total. The lowest BCUT2D eigenvalue weighted by Gasteiger charge is -2.05. The lowest BCUT2D eigenvalue weighted by molar-refractivity contribution is 0.748. The molecule has 0 spiro atoms. The first kappa shape index (κ1) is 11.4. The monoisotopic (exact) mass is 245 g/mol. The van der Waals surface area contributed by atoms with E-state index in [1.807, 2.05) is 6.07 Å². The second-order valence-electron chi connectivity index (χ2n) is 3.46. The van der Waals surface area contributed by atoms with Crippen LogP contribution >= 0.6 is 11.6 Å². The molecular weight excluding hydrogens is 238 g/mol. The van der Waals surface area contributed by atoms with E-state index in [2.05, 4.69) is 11.1 Å². The minimum absolute atomic E-state index is 0.0519. The maximum Gasteiger partial charge on any atom is 0.288 e. The summed E-state index contributed by atoms with van der Waals surface area (Å²) < 4.78 is 1.45. The molecule has 0 saturated carbocycles. The molecule has 0 saturated heterocycles. The first-order valence-electron chi connectivity index (χ1n) is 4.90. The molecule has 2 rings (SSSR count). The molecule has 84 valence electrons. The van der Waals surface area contributed by atoms with E-state index in [4.69, 9.17) is 16.9 Å². The number of hydrogen-bond donors (Lipinski definition) is 0. The molecular formula is C12H8ClN3O. The SMILES string of the molecule is N#Cc1cccc(Cn2ccnc(Cl)c2=O)c1. The summed E-state index contributed by atoms with van der Waals surface area (Å²) in [4.78, 5) is 15.3. The number of hydrogen-bond acceptors (Lipinski definition) is 3. The maximum absolute atomic E-state index is 11.6. The third-order valence-corrected chi connectivity index (χ3v) is 2.54. The number of halogens is 1. The Morgan fingerprint density at radius 3 is 3.06 bits per heavy atom. The molecule has 0 bridgehead atoms. The van der Waals surface area contributed by atoms with Crippen LogP contribution in [0, 0.1) is 11.3 Å². The van der Waals surface area contributed by atoms with Gasteiger partial charge in [-0.15, -0.1) is 0 Å². The van der Waals surface area contributed by atoms with Crippen LogP contribution in [0.25, 0.3) is 0 Å². The van der Waals surface area contributed by atoms with Gasteiger partial charge in [-0.3, -0.25) is 4.79 Å². The van der Waals surface area contributed by atoms with Gasteiger partial charge >= 0.3 is 0 Å². The summed E-state index contributed by atoms with van der Waals surface area (Å²) in [5, 5.41) is 8.73. The van der Waals surface area contributed by atoms with Gasteiger partial charge in [0, 0.05) is 12.4 Å². The fourth-order valence-corrected chi connectivity index (χ4v) is 1.65. The Labute approximate surface area is 103 Å². The van der Waals surface area contributed by atoms with Crippen molar-refractivity contribution in [3.8, 4) is 6.07 Å². The van der Waals surface area contributed by atoms with Crippen LogP contribution in [0.2, 0.25) is 5.15 Å². The third kappa shape index (κ3) is 2.52. The van der Waals surface area contributed by atoms with E-state index in [0.29, 0.717) is 12.1 Å². The molecule has 1 heterocycles. The van der Waals surface area contributed by atoms with E-state index in [1.54, 1.807) is 24.4 Å². The molecule has 0 radical (unpaired) electrons. The topological polar surface area (TPSA) is 58.7 Å². The van der Waals surface area contributed by atoms with Gasteiger partial charge in [0.2, 0.25) is 0 Å². The summed E-state index contributed by atoms with van der Waals surface area (Å²) in [5.41, 5.74) is 1.10. The minimum atomic E-state index is -0.337. The molecule has 1 aromatic carbocycles. The molecule has 5 heteroatoms. The Morgan fingerprint density at radius 1 is 1.47 bits per heavy atom. The lowest BCUT2D eigenvalue weighted by atomic mass is 10.1. The molecule has 1 aromatic heterocycles. The van der Waals surface area contributed by atoms with Gasteiger partial charge in [0.25, 0.3) is 5.56 Å². The van der Waals surface area contributed by atoms with Crippen molar-refractivity contribution in [3.05, 3.63) is 63.3 Å². The van der Waals surface area contributed by atoms with Crippen LogP contribution in [0.1, 0.15) is 11.1 Å². The number of aromatic nitrogens is 2. The fourth-order valence-electron chi connectivity index (χ4n) is 1.48. The van der Waals surface area contributed by atoms with Crippen LogP contribution < -0.4 is 5.56 Å². The van der Waals surface area contributed by atoms with Crippen LogP contribution in [-0.4, -0.2) is 9.55 Å². The molecule has 2 aromatic rings. The van der Waals surface area contributed by atoms with Crippen LogP contribution in [0.4, 0.5) is 0 Å². The van der Waals surface area contributed by atoms with Gasteiger partial charge in [-0.25, -0.2) is 4.98 Å². The Bertz CT molecular complexity index is 643. The normalized spacial score (nSPS) is 9.88. The number of benzene rings is 1. The summed E-state index contributed by atoms with van der Waals surface area (Å²) in [5.74, 6) is 0. The van der Waals surface area contributed by atoms with Gasteiger partial charge in [0.05, 0.1) is 18.2 Å². The van der Waals surface area contributed by atoms with Crippen molar-refractivity contribution in [2.24, 2.45) is 0 Å². The second-order valence-corrected chi connectivity index (χ2v) is 3.82. The summed E-state index contributed by atoms with van der Waals surface area (Å²) in [6.45, 7) is 0.372. The highest BCUT2D eigenvalue weighted by Gasteiger charge is 2.02. The van der Waals surface area contributed by atoms with Crippen molar-refractivity contribution in [2.45, 2.75) is 6.54 Å². The maximum atomic E-state index is 11.6. The van der Waals surface area contributed by atoms with Crippen molar-refractivity contribution in [2.75, 3.05) is 0 Å². The van der Waals surface area contributed by atoms with E-state index in [9.17, 15) is 4.79 Å². The number of nitrogens with zero attached hydrogens (tertiary/aromatic N) is 3. The Balaban J connectivity index is 2.35. The average Bonchev–Trinajstić information content (AvgIpc) is 2.35. The standard InChI is InChI=1S/C12H8ClN3O/c13-11-12(17)16(5-4-15-11)8-10-3-1-2-9(6-10)7-14/h1-6H,8H2. The molecule has 0 atom stereocenters. The fraction of sp³-hybridized carbons (Fsp3) is 0.0833. The lowest BCUT2D eigenvalue weighted by Crippen LogP contribution is -2.21. The van der Waals surface area contributed by atoms with Crippen LogP contribution in [0.15, 0.2) is 41.5 Å². The zero-order valence-electron chi connectivity index (χ0n) is 8.80. The molecule has 0 fully saturated rings. The molecule has 0 aliphatic rings. The highest BCUT2D eigenvalue weighted by atomic mass is 35.5. The summed E-state index contributed by atoms with van der Waals surface area (Å²) in [6, 6.07) is 9.13. The summed E-state index contributed by atoms with van der Waals surface area (Å²) in [6.07, 6.45) is 3.03. The Hall–Kier alpha value is -2.12. The average molecular weight is 246 g/mol. The van der Waals surface area contributed by atoms with Crippen LogP contribution in [-0.2, 0) is 6.54 Å². The minimum Gasteiger partial charge on any atom is -0.307 e. The zero-order chi connectivity index (χ0) is 12.3. The predicted molar refractivity (Wildman–Crippen MR) is 63.8 cm³/mol. The largest absolute Gasteiger partial charge is 0.307 e. The number of nitriles is 1. The smallest absolute Gasteiger partial charge is 0.288 e. The van der Waals surface area contributed by atoms with Gasteiger partial charge in [-0.1, -0.05) is 23.7 Å². The van der Waals surface area contributed by atoms with Crippen molar-refractivity contribution >= 4 is 11.6 Å². The molecule has 0 aliphatic carbocycles. The van der Waals surface area contributed by atoms with Crippen LogP contribution in [0.3, 0.4) is 0 Å². The Morgan fingerprint density at radius 2 is 2.29 bits per heavy atom. The van der Waals surface area contributed by atoms with E-state index in [0.717, 1.165) is 5.56 Å². The van der Waals surface area contributed by atoms with Gasteiger partial charge in [0.15, 0.2) is 5.15 Å². The van der Waals surface area contributed by atoms with E-state index < -0.39 is 0 Å². The van der Waals surface area contributed by atoms with Crippen molar-refractivity contribution in [1.82, 2.24) is 9.55 Å². The second kappa shape index (κ2) is 4.81. The first-order chi connectivity index (χ1) is 8.20. The van der Waals surface area contributed by atoms with Crippen molar-refractivity contribution in [3.63, 3.8) is 0 Å². The van der Waals surface area contributed by atoms with E-state index in [1.165, 1.54) is 10.8 Å². The molecule has 4 nitrogen and oxygen atoms in total. The summed E-state index contributed by atoms with van der Waals surface area (Å²) >= 11 is 5.64. The van der Waals surface area contributed by atoms with Crippen LogP contribution in [0.5, 0.6) is 0 Å². The third-order valence-electron chi connectivity index (χ3n) is 2.28. The van der Waals surface area contributed by atoms with Gasteiger partial charge < -0.3 is 4.57 Å². The van der Waals surface area contributed by atoms with Crippen molar-refractivity contribution < 1.29 is 0 Å². The van der Waals surface area contributed by atoms with E-state index in [-0.39, 0.29) is 10.7 Å². The number of rotatable bonds is 2. The molecule has 0 aliphatic heterocycles. The molecule has 0 unspecified atom stereocenters. The van der Waals surface area contributed by atoms with Crippen molar-refractivity contribution in [1.29, 1.82) is 5.26 Å². The molecule has 17 heavy (non-hydrogen) atoms. The zero-order valence-corrected chi connectivity index (χ0v) is 9.55. The highest BCUT2D eigenvalue weighted by molar-refractivity contribution is 6.29. The van der Waals surface area contributed by atoms with E-state index >= 15 is 0 Å². The van der Waals surface area contributed by atoms with Gasteiger partial charge in [0.1, 0.15) is 0 Å². The predicted octanol–water partition coefficient (Wildman–Crippen LogP) is 1.82. The quantitative estimate of drug-likeness (QED) is 0.811. The highest BCUT2D eigenvalue weighted by Crippen LogP contribution is 2.05. The first-order valence-corrected chi connectivity index (χ1v) is 5.28. The van der Waals surface area contributed by atoms with Gasteiger partial charge in [-0.05, 0) is 17.7 Å².